The molecular formula is C22H40N4. The molecule has 3 aliphatic rings. The Hall–Kier alpha value is -1.00. The van der Waals surface area contributed by atoms with E-state index in [0.717, 1.165) is 25.7 Å². The van der Waals surface area contributed by atoms with E-state index >= 15 is 0 Å². The number of hydrogen-bond acceptors (Lipinski definition) is 4. The Labute approximate surface area is 161 Å². The van der Waals surface area contributed by atoms with Crippen LogP contribution in [-0.2, 0) is 0 Å². The number of piperidine rings is 2. The van der Waals surface area contributed by atoms with Gasteiger partial charge in [0, 0.05) is 34.6 Å². The number of allylic oxidation sites excluding steroid dienone is 2. The van der Waals surface area contributed by atoms with E-state index < -0.39 is 0 Å². The van der Waals surface area contributed by atoms with E-state index in [9.17, 15) is 0 Å². The maximum absolute atomic E-state index is 3.82. The van der Waals surface area contributed by atoms with Gasteiger partial charge < -0.3 is 10.6 Å². The molecule has 2 N–H and O–H groups in total. The largest absolute Gasteiger partial charge is 0.307 e. The lowest BCUT2D eigenvalue weighted by molar-refractivity contribution is -0.0707. The molecular weight excluding hydrogens is 320 g/mol. The minimum Gasteiger partial charge on any atom is -0.307 e. The van der Waals surface area contributed by atoms with Gasteiger partial charge in [0.05, 0.1) is 12.1 Å². The summed E-state index contributed by atoms with van der Waals surface area (Å²) in [5.41, 5.74) is 0.610. The minimum absolute atomic E-state index is 0.153. The van der Waals surface area contributed by atoms with Crippen molar-refractivity contribution in [3.8, 4) is 0 Å². The molecule has 4 nitrogen and oxygen atoms in total. The molecule has 3 aliphatic heterocycles. The first kappa shape index (κ1) is 19.8. The van der Waals surface area contributed by atoms with Crippen LogP contribution in [-0.4, -0.2) is 44.3 Å². The third-order valence-electron chi connectivity index (χ3n) is 5.94. The highest BCUT2D eigenvalue weighted by Crippen LogP contribution is 2.37. The van der Waals surface area contributed by atoms with Gasteiger partial charge in [0.15, 0.2) is 0 Å². The van der Waals surface area contributed by atoms with Crippen LogP contribution < -0.4 is 10.6 Å². The van der Waals surface area contributed by atoms with Gasteiger partial charge in [0.1, 0.15) is 0 Å². The van der Waals surface area contributed by atoms with Crippen LogP contribution in [0.15, 0.2) is 24.6 Å². The molecule has 3 rings (SSSR count). The van der Waals surface area contributed by atoms with E-state index in [0.29, 0.717) is 12.1 Å². The Balaban J connectivity index is 1.85. The van der Waals surface area contributed by atoms with Gasteiger partial charge >= 0.3 is 0 Å². The van der Waals surface area contributed by atoms with E-state index in [1.165, 1.54) is 0 Å². The maximum atomic E-state index is 3.82. The summed E-state index contributed by atoms with van der Waals surface area (Å²) < 4.78 is 0. The molecule has 0 spiro atoms. The zero-order valence-corrected chi connectivity index (χ0v) is 18.2. The summed E-state index contributed by atoms with van der Waals surface area (Å²) in [5, 5.41) is 12.7. The fourth-order valence-corrected chi connectivity index (χ4v) is 5.96. The number of nitrogens with zero attached hydrogens (tertiary/aromatic N) is 2. The van der Waals surface area contributed by atoms with Crippen LogP contribution >= 0.6 is 0 Å². The van der Waals surface area contributed by atoms with Crippen molar-refractivity contribution >= 4 is 0 Å². The Morgan fingerprint density at radius 1 is 0.577 bits per heavy atom. The molecule has 3 heterocycles. The first-order valence-corrected chi connectivity index (χ1v) is 10.3. The van der Waals surface area contributed by atoms with Crippen LogP contribution in [0, 0.1) is 0 Å². The molecule has 0 aliphatic carbocycles. The molecule has 0 aromatic rings. The average Bonchev–Trinajstić information content (AvgIpc) is 2.40. The van der Waals surface area contributed by atoms with Crippen molar-refractivity contribution in [1.82, 2.24) is 20.7 Å². The molecule has 0 unspecified atom stereocenters. The fourth-order valence-electron chi connectivity index (χ4n) is 5.96. The van der Waals surface area contributed by atoms with Crippen LogP contribution in [0.4, 0.5) is 0 Å². The van der Waals surface area contributed by atoms with Crippen molar-refractivity contribution in [3.05, 3.63) is 24.6 Å². The monoisotopic (exact) mass is 360 g/mol. The Morgan fingerprint density at radius 3 is 1.12 bits per heavy atom. The zero-order valence-electron chi connectivity index (χ0n) is 18.2. The standard InChI is InChI=1S/C22H40N4/c1-19(2)13-17(14-20(3,4)23-19)25-11-9-10-12-26(25)18-15-21(5,6)24-22(7,8)16-18/h9-12,17-18,23-24H,13-16H2,1-8H3. The third-order valence-corrected chi connectivity index (χ3v) is 5.94. The first-order chi connectivity index (χ1) is 11.8. The second kappa shape index (κ2) is 6.27. The molecule has 2 saturated heterocycles. The normalized spacial score (nSPS) is 30.6. The Bertz CT molecular complexity index is 501. The fraction of sp³-hybridized carbons (Fsp3) is 0.818. The highest BCUT2D eigenvalue weighted by atomic mass is 15.6. The molecule has 0 aromatic heterocycles. The molecule has 0 aromatic carbocycles. The Morgan fingerprint density at radius 2 is 0.846 bits per heavy atom. The molecule has 0 saturated carbocycles. The van der Waals surface area contributed by atoms with E-state index in [-0.39, 0.29) is 22.2 Å². The summed E-state index contributed by atoms with van der Waals surface area (Å²) in [7, 11) is 0. The van der Waals surface area contributed by atoms with Gasteiger partial charge in [-0.1, -0.05) is 0 Å². The third kappa shape index (κ3) is 4.45. The number of hydrazine groups is 1. The van der Waals surface area contributed by atoms with Crippen molar-refractivity contribution in [1.29, 1.82) is 0 Å². The van der Waals surface area contributed by atoms with Crippen LogP contribution in [0.5, 0.6) is 0 Å². The maximum Gasteiger partial charge on any atom is 0.0534 e. The van der Waals surface area contributed by atoms with Gasteiger partial charge in [-0.2, -0.15) is 0 Å². The lowest BCUT2D eigenvalue weighted by Gasteiger charge is -2.56. The number of rotatable bonds is 2. The van der Waals surface area contributed by atoms with Crippen LogP contribution in [0.25, 0.3) is 0 Å². The van der Waals surface area contributed by atoms with Gasteiger partial charge in [0.25, 0.3) is 0 Å². The quantitative estimate of drug-likeness (QED) is 0.774. The molecule has 0 bridgehead atoms. The predicted molar refractivity (Wildman–Crippen MR) is 111 cm³/mol. The molecule has 0 amide bonds. The molecule has 4 heteroatoms. The van der Waals surface area contributed by atoms with Crippen LogP contribution in [0.2, 0.25) is 0 Å². The second-order valence-corrected chi connectivity index (χ2v) is 11.4. The van der Waals surface area contributed by atoms with Gasteiger partial charge in [0.2, 0.25) is 0 Å². The smallest absolute Gasteiger partial charge is 0.0534 e. The van der Waals surface area contributed by atoms with E-state index in [2.05, 4.69) is 101 Å². The SMILES string of the molecule is CC1(C)CC(N2C=CC=CN2C2CC(C)(C)NC(C)(C)C2)CC(C)(C)N1. The summed E-state index contributed by atoms with van der Waals surface area (Å²) in [4.78, 5) is 0. The highest BCUT2D eigenvalue weighted by Gasteiger charge is 2.44. The number of nitrogens with one attached hydrogen (secondary N) is 2. The summed E-state index contributed by atoms with van der Waals surface area (Å²) in [6.45, 7) is 18.7. The van der Waals surface area contributed by atoms with Crippen molar-refractivity contribution < 1.29 is 0 Å². The first-order valence-electron chi connectivity index (χ1n) is 10.3. The van der Waals surface area contributed by atoms with Crippen molar-refractivity contribution in [2.24, 2.45) is 0 Å². The van der Waals surface area contributed by atoms with E-state index in [1.54, 1.807) is 0 Å². The molecule has 148 valence electrons. The molecule has 0 atom stereocenters. The predicted octanol–water partition coefficient (Wildman–Crippen LogP) is 4.16. The summed E-state index contributed by atoms with van der Waals surface area (Å²) in [6, 6.07) is 1.03. The van der Waals surface area contributed by atoms with Gasteiger partial charge in [-0.25, -0.2) is 0 Å². The van der Waals surface area contributed by atoms with Crippen LogP contribution in [0.3, 0.4) is 0 Å². The van der Waals surface area contributed by atoms with Gasteiger partial charge in [-0.3, -0.25) is 10.0 Å². The second-order valence-electron chi connectivity index (χ2n) is 11.4. The van der Waals surface area contributed by atoms with Crippen LogP contribution in [0.1, 0.15) is 81.1 Å². The van der Waals surface area contributed by atoms with Gasteiger partial charge in [-0.15, -0.1) is 0 Å². The summed E-state index contributed by atoms with van der Waals surface area (Å²) in [6.07, 6.45) is 13.6. The zero-order chi connectivity index (χ0) is 19.4. The van der Waals surface area contributed by atoms with Crippen molar-refractivity contribution in [2.75, 3.05) is 0 Å². The highest BCUT2D eigenvalue weighted by molar-refractivity contribution is 5.12. The van der Waals surface area contributed by atoms with Gasteiger partial charge in [-0.05, 0) is 93.2 Å². The number of hydrogen-bond donors (Lipinski definition) is 2. The summed E-state index contributed by atoms with van der Waals surface area (Å²) in [5.74, 6) is 0. The van der Waals surface area contributed by atoms with Crippen molar-refractivity contribution in [3.63, 3.8) is 0 Å². The topological polar surface area (TPSA) is 30.5 Å². The lowest BCUT2D eigenvalue weighted by Crippen LogP contribution is -2.66. The van der Waals surface area contributed by atoms with Crippen molar-refractivity contribution in [2.45, 2.75) is 115 Å². The molecule has 26 heavy (non-hydrogen) atoms. The lowest BCUT2D eigenvalue weighted by atomic mass is 9.78. The molecule has 0 radical (unpaired) electrons. The minimum atomic E-state index is 0.153. The summed E-state index contributed by atoms with van der Waals surface area (Å²) >= 11 is 0. The molecule has 2 fully saturated rings. The van der Waals surface area contributed by atoms with E-state index in [4.69, 9.17) is 0 Å². The van der Waals surface area contributed by atoms with E-state index in [1.807, 2.05) is 0 Å². The average molecular weight is 361 g/mol. The Kier molecular flexibility index (Phi) is 4.76.